The predicted molar refractivity (Wildman–Crippen MR) is 74.5 cm³/mol. The summed E-state index contributed by atoms with van der Waals surface area (Å²) in [4.78, 5) is 11.9. The molecule has 2 nitrogen and oxygen atoms in total. The molecule has 0 unspecified atom stereocenters. The number of alkyl halides is 1. The maximum Gasteiger partial charge on any atom is 0.251 e. The van der Waals surface area contributed by atoms with E-state index in [-0.39, 0.29) is 11.4 Å². The van der Waals surface area contributed by atoms with Crippen LogP contribution in [0.2, 0.25) is 5.02 Å². The molecule has 0 atom stereocenters. The van der Waals surface area contributed by atoms with Crippen LogP contribution >= 0.6 is 43.5 Å². The summed E-state index contributed by atoms with van der Waals surface area (Å²) in [6.07, 6.45) is 0. The van der Waals surface area contributed by atoms with Gasteiger partial charge >= 0.3 is 0 Å². The van der Waals surface area contributed by atoms with Crippen molar-refractivity contribution in [2.45, 2.75) is 19.4 Å². The van der Waals surface area contributed by atoms with Gasteiger partial charge < -0.3 is 5.32 Å². The summed E-state index contributed by atoms with van der Waals surface area (Å²) in [6.45, 7) is 3.89. The summed E-state index contributed by atoms with van der Waals surface area (Å²) >= 11 is 12.6. The molecule has 0 saturated heterocycles. The molecule has 0 aliphatic heterocycles. The Morgan fingerprint density at radius 1 is 1.50 bits per heavy atom. The predicted octanol–water partition coefficient (Wildman–Crippen LogP) is 4.01. The Labute approximate surface area is 117 Å². The molecule has 0 bridgehead atoms. The van der Waals surface area contributed by atoms with E-state index in [2.05, 4.69) is 37.2 Å². The van der Waals surface area contributed by atoms with Gasteiger partial charge in [0.05, 0.1) is 5.02 Å². The van der Waals surface area contributed by atoms with Gasteiger partial charge in [0.1, 0.15) is 0 Å². The van der Waals surface area contributed by atoms with Crippen LogP contribution in [-0.2, 0) is 0 Å². The number of benzene rings is 1. The van der Waals surface area contributed by atoms with Crippen molar-refractivity contribution in [3.05, 3.63) is 33.3 Å². The minimum atomic E-state index is -0.281. The lowest BCUT2D eigenvalue weighted by molar-refractivity contribution is 0.0921. The fraction of sp³-hybridized carbons (Fsp3) is 0.364. The van der Waals surface area contributed by atoms with Crippen molar-refractivity contribution in [1.82, 2.24) is 5.32 Å². The van der Waals surface area contributed by atoms with E-state index in [0.29, 0.717) is 15.9 Å². The first-order valence-corrected chi connectivity index (χ1v) is 6.98. The Morgan fingerprint density at radius 3 is 2.62 bits per heavy atom. The van der Waals surface area contributed by atoms with Crippen LogP contribution in [0.1, 0.15) is 24.2 Å². The first-order valence-electron chi connectivity index (χ1n) is 4.69. The van der Waals surface area contributed by atoms with Crippen molar-refractivity contribution < 1.29 is 4.79 Å². The highest BCUT2D eigenvalue weighted by molar-refractivity contribution is 9.10. The Balaban J connectivity index is 2.85. The van der Waals surface area contributed by atoms with E-state index in [1.165, 1.54) is 0 Å². The standard InChI is InChI=1S/C11H12Br2ClNO/c1-11(2,6-12)15-10(16)7-3-4-8(13)9(14)5-7/h3-5H,6H2,1-2H3,(H,15,16). The molecule has 16 heavy (non-hydrogen) atoms. The van der Waals surface area contributed by atoms with Crippen molar-refractivity contribution in [3.63, 3.8) is 0 Å². The molecule has 0 aliphatic rings. The van der Waals surface area contributed by atoms with Crippen LogP contribution in [0.5, 0.6) is 0 Å². The largest absolute Gasteiger partial charge is 0.346 e. The quantitative estimate of drug-likeness (QED) is 0.802. The summed E-state index contributed by atoms with van der Waals surface area (Å²) in [5, 5.41) is 4.13. The molecule has 88 valence electrons. The Bertz CT molecular complexity index is 407. The third-order valence-corrected chi connectivity index (χ3v) is 4.60. The zero-order chi connectivity index (χ0) is 12.3. The van der Waals surface area contributed by atoms with Gasteiger partial charge in [-0.1, -0.05) is 27.5 Å². The number of halogens is 3. The highest BCUT2D eigenvalue weighted by atomic mass is 79.9. The Hall–Kier alpha value is -0.0600. The maximum absolute atomic E-state index is 11.9. The second-order valence-corrected chi connectivity index (χ2v) is 5.92. The Morgan fingerprint density at radius 2 is 2.12 bits per heavy atom. The molecule has 0 saturated carbocycles. The maximum atomic E-state index is 11.9. The number of rotatable bonds is 3. The molecular weight excluding hydrogens is 357 g/mol. The number of carbonyl (C=O) groups excluding carboxylic acids is 1. The monoisotopic (exact) mass is 367 g/mol. The topological polar surface area (TPSA) is 29.1 Å². The van der Waals surface area contributed by atoms with Gasteiger partial charge in [0.2, 0.25) is 0 Å². The van der Waals surface area contributed by atoms with E-state index in [4.69, 9.17) is 11.6 Å². The summed E-state index contributed by atoms with van der Waals surface area (Å²) in [6, 6.07) is 5.14. The van der Waals surface area contributed by atoms with Gasteiger partial charge in [-0.05, 0) is 48.0 Å². The molecule has 5 heteroatoms. The summed E-state index contributed by atoms with van der Waals surface area (Å²) in [7, 11) is 0. The minimum absolute atomic E-state index is 0.126. The normalized spacial score (nSPS) is 11.3. The fourth-order valence-corrected chi connectivity index (χ4v) is 1.62. The first kappa shape index (κ1) is 14.0. The van der Waals surface area contributed by atoms with E-state index < -0.39 is 0 Å². The first-order chi connectivity index (χ1) is 7.35. The molecule has 1 rings (SSSR count). The Kier molecular flexibility index (Phi) is 4.83. The van der Waals surface area contributed by atoms with Crippen molar-refractivity contribution in [2.75, 3.05) is 5.33 Å². The van der Waals surface area contributed by atoms with E-state index in [0.717, 1.165) is 4.47 Å². The lowest BCUT2D eigenvalue weighted by Crippen LogP contribution is -2.44. The van der Waals surface area contributed by atoms with E-state index in [1.54, 1.807) is 18.2 Å². The van der Waals surface area contributed by atoms with Gasteiger partial charge in [-0.15, -0.1) is 0 Å². The molecule has 1 N–H and O–H groups in total. The van der Waals surface area contributed by atoms with E-state index in [1.807, 2.05) is 13.8 Å². The average Bonchev–Trinajstić information content (AvgIpc) is 2.21. The van der Waals surface area contributed by atoms with Gasteiger partial charge in [-0.3, -0.25) is 4.79 Å². The highest BCUT2D eigenvalue weighted by Gasteiger charge is 2.19. The van der Waals surface area contributed by atoms with Gasteiger partial charge in [0.25, 0.3) is 5.91 Å². The van der Waals surface area contributed by atoms with Crippen molar-refractivity contribution in [1.29, 1.82) is 0 Å². The molecule has 1 aromatic carbocycles. The lowest BCUT2D eigenvalue weighted by Gasteiger charge is -2.23. The summed E-state index contributed by atoms with van der Waals surface area (Å²) < 4.78 is 0.783. The van der Waals surface area contributed by atoms with Crippen LogP contribution in [-0.4, -0.2) is 16.8 Å². The van der Waals surface area contributed by atoms with Crippen LogP contribution in [0, 0.1) is 0 Å². The van der Waals surface area contributed by atoms with Crippen LogP contribution in [0.4, 0.5) is 0 Å². The number of hydrogen-bond donors (Lipinski definition) is 1. The van der Waals surface area contributed by atoms with Crippen LogP contribution < -0.4 is 5.32 Å². The molecule has 0 aromatic heterocycles. The molecule has 1 aromatic rings. The lowest BCUT2D eigenvalue weighted by atomic mass is 10.1. The summed E-state index contributed by atoms with van der Waals surface area (Å²) in [5.74, 6) is -0.126. The number of carbonyl (C=O) groups is 1. The fourth-order valence-electron chi connectivity index (χ4n) is 1.05. The average molecular weight is 369 g/mol. The molecule has 0 spiro atoms. The van der Waals surface area contributed by atoms with Gasteiger partial charge in [-0.2, -0.15) is 0 Å². The second-order valence-electron chi connectivity index (χ2n) is 4.10. The van der Waals surface area contributed by atoms with Gasteiger partial charge in [-0.25, -0.2) is 0 Å². The van der Waals surface area contributed by atoms with Gasteiger partial charge in [0.15, 0.2) is 0 Å². The van der Waals surface area contributed by atoms with Crippen LogP contribution in [0.25, 0.3) is 0 Å². The molecule has 0 heterocycles. The molecule has 0 aliphatic carbocycles. The van der Waals surface area contributed by atoms with Crippen molar-refractivity contribution in [2.24, 2.45) is 0 Å². The van der Waals surface area contributed by atoms with Crippen molar-refractivity contribution in [3.8, 4) is 0 Å². The third kappa shape index (κ3) is 3.75. The number of amides is 1. The molecular formula is C11H12Br2ClNO. The molecule has 0 radical (unpaired) electrons. The van der Waals surface area contributed by atoms with Crippen LogP contribution in [0.15, 0.2) is 22.7 Å². The zero-order valence-corrected chi connectivity index (χ0v) is 12.9. The zero-order valence-electron chi connectivity index (χ0n) is 8.98. The second kappa shape index (κ2) is 5.52. The molecule has 1 amide bonds. The SMILES string of the molecule is CC(C)(CBr)NC(=O)c1ccc(Br)c(Cl)c1. The van der Waals surface area contributed by atoms with E-state index >= 15 is 0 Å². The third-order valence-electron chi connectivity index (χ3n) is 1.97. The van der Waals surface area contributed by atoms with Gasteiger partial charge in [0, 0.05) is 20.9 Å². The summed E-state index contributed by atoms with van der Waals surface area (Å²) in [5.41, 5.74) is 0.276. The number of nitrogens with one attached hydrogen (secondary N) is 1. The molecule has 0 fully saturated rings. The van der Waals surface area contributed by atoms with E-state index in [9.17, 15) is 4.79 Å². The van der Waals surface area contributed by atoms with Crippen LogP contribution in [0.3, 0.4) is 0 Å². The highest BCUT2D eigenvalue weighted by Crippen LogP contribution is 2.23. The smallest absolute Gasteiger partial charge is 0.251 e. The minimum Gasteiger partial charge on any atom is -0.346 e. The van der Waals surface area contributed by atoms with Crippen molar-refractivity contribution >= 4 is 49.4 Å². The number of hydrogen-bond acceptors (Lipinski definition) is 1.